The van der Waals surface area contributed by atoms with Crippen molar-refractivity contribution in [3.05, 3.63) is 42.0 Å². The summed E-state index contributed by atoms with van der Waals surface area (Å²) >= 11 is 0. The number of hydrogen-bond acceptors (Lipinski definition) is 5. The maximum atomic E-state index is 12.1. The molecule has 1 unspecified atom stereocenters. The number of para-hydroxylation sites is 1. The lowest BCUT2D eigenvalue weighted by molar-refractivity contribution is -0.151. The molecule has 0 spiro atoms. The Kier molecular flexibility index (Phi) is 8.84. The van der Waals surface area contributed by atoms with Crippen molar-refractivity contribution >= 4 is 20.0 Å². The molecule has 36 heavy (non-hydrogen) atoms. The minimum atomic E-state index is -2.09. The Morgan fingerprint density at radius 2 is 1.94 bits per heavy atom. The summed E-state index contributed by atoms with van der Waals surface area (Å²) in [7, 11) is -2.09. The topological polar surface area (TPSA) is 48.0 Å². The van der Waals surface area contributed by atoms with E-state index in [9.17, 15) is 4.79 Å². The van der Waals surface area contributed by atoms with Crippen LogP contribution in [0.4, 0.5) is 5.69 Å². The number of carbonyl (C=O) groups is 1. The molecule has 6 heteroatoms. The van der Waals surface area contributed by atoms with Gasteiger partial charge in [0.2, 0.25) is 0 Å². The highest BCUT2D eigenvalue weighted by Crippen LogP contribution is 2.56. The van der Waals surface area contributed by atoms with Gasteiger partial charge in [0, 0.05) is 36.6 Å². The molecule has 0 aliphatic carbocycles. The van der Waals surface area contributed by atoms with Gasteiger partial charge in [0.1, 0.15) is 11.7 Å². The van der Waals surface area contributed by atoms with Gasteiger partial charge in [-0.1, -0.05) is 84.7 Å². The molecule has 1 fully saturated rings. The number of esters is 1. The standard InChI is InChI=1S/C30H49NO4Si/c1-10-12-13-16-19-29(7,26(11-2)34-23(3)32)22-31-25-18-15-14-17-24(25)30(20-21-33-27(30)31)35-36(8,9)28(4,5)6/h14-19,26-27H,10-13,20-22H2,1-9H3/b19-16+/t26?,27-,29+,30+/m0/s1. The number of nitrogens with zero attached hydrogens (tertiary/aromatic N) is 1. The van der Waals surface area contributed by atoms with Crippen LogP contribution in [0.5, 0.6) is 0 Å². The van der Waals surface area contributed by atoms with Crippen molar-refractivity contribution in [2.75, 3.05) is 18.1 Å². The minimum Gasteiger partial charge on any atom is -0.462 e. The van der Waals surface area contributed by atoms with Crippen LogP contribution in [0, 0.1) is 5.41 Å². The lowest BCUT2D eigenvalue weighted by Crippen LogP contribution is -2.54. The monoisotopic (exact) mass is 515 g/mol. The molecule has 2 aliphatic rings. The highest BCUT2D eigenvalue weighted by Gasteiger charge is 2.60. The number of allylic oxidation sites excluding steroid dienone is 1. The summed E-state index contributed by atoms with van der Waals surface area (Å²) in [5, 5.41) is 0.0937. The third kappa shape index (κ3) is 5.61. The molecular weight excluding hydrogens is 466 g/mol. The number of rotatable bonds is 11. The second-order valence-electron chi connectivity index (χ2n) is 12.4. The van der Waals surface area contributed by atoms with Crippen LogP contribution in [0.3, 0.4) is 0 Å². The van der Waals surface area contributed by atoms with Crippen molar-refractivity contribution in [3.8, 4) is 0 Å². The van der Waals surface area contributed by atoms with Crippen molar-refractivity contribution in [3.63, 3.8) is 0 Å². The zero-order valence-corrected chi connectivity index (χ0v) is 25.1. The van der Waals surface area contributed by atoms with Gasteiger partial charge in [0.05, 0.1) is 6.61 Å². The Morgan fingerprint density at radius 1 is 1.25 bits per heavy atom. The fraction of sp³-hybridized carbons (Fsp3) is 0.700. The predicted molar refractivity (Wildman–Crippen MR) is 151 cm³/mol. The third-order valence-electron chi connectivity index (χ3n) is 8.49. The van der Waals surface area contributed by atoms with E-state index in [-0.39, 0.29) is 28.8 Å². The number of ether oxygens (including phenoxy) is 2. The first-order valence-electron chi connectivity index (χ1n) is 13.8. The van der Waals surface area contributed by atoms with Crippen molar-refractivity contribution in [2.45, 2.75) is 117 Å². The molecule has 0 amide bonds. The number of anilines is 1. The van der Waals surface area contributed by atoms with E-state index in [2.05, 4.69) is 96.0 Å². The quantitative estimate of drug-likeness (QED) is 0.132. The van der Waals surface area contributed by atoms with E-state index in [1.165, 1.54) is 18.2 Å². The molecule has 0 N–H and O–H groups in total. The molecule has 202 valence electrons. The van der Waals surface area contributed by atoms with Crippen LogP contribution in [0.2, 0.25) is 18.1 Å². The van der Waals surface area contributed by atoms with Crippen LogP contribution in [0.1, 0.15) is 86.1 Å². The Hall–Kier alpha value is -1.63. The first kappa shape index (κ1) is 28.9. The molecule has 1 aromatic rings. The second-order valence-corrected chi connectivity index (χ2v) is 17.2. The van der Waals surface area contributed by atoms with Gasteiger partial charge in [-0.25, -0.2) is 0 Å². The first-order chi connectivity index (χ1) is 16.8. The Morgan fingerprint density at radius 3 is 2.56 bits per heavy atom. The third-order valence-corrected chi connectivity index (χ3v) is 13.0. The van der Waals surface area contributed by atoms with E-state index in [4.69, 9.17) is 13.9 Å². The minimum absolute atomic E-state index is 0.0937. The van der Waals surface area contributed by atoms with Gasteiger partial charge in [0.15, 0.2) is 14.5 Å². The van der Waals surface area contributed by atoms with Gasteiger partial charge < -0.3 is 18.8 Å². The van der Waals surface area contributed by atoms with E-state index < -0.39 is 13.9 Å². The molecule has 0 radical (unpaired) electrons. The second kappa shape index (κ2) is 11.0. The van der Waals surface area contributed by atoms with E-state index in [0.717, 1.165) is 32.1 Å². The number of fused-ring (bicyclic) bond motifs is 3. The molecule has 2 heterocycles. The average Bonchev–Trinajstić information content (AvgIpc) is 3.30. The van der Waals surface area contributed by atoms with Crippen LogP contribution in [-0.4, -0.2) is 39.8 Å². The Labute approximate surface area is 220 Å². The number of benzene rings is 1. The molecule has 5 nitrogen and oxygen atoms in total. The van der Waals surface area contributed by atoms with Crippen LogP contribution < -0.4 is 4.90 Å². The summed E-state index contributed by atoms with van der Waals surface area (Å²) < 4.78 is 19.7. The normalized spacial score (nSPS) is 24.5. The summed E-state index contributed by atoms with van der Waals surface area (Å²) in [6.45, 7) is 20.9. The largest absolute Gasteiger partial charge is 0.462 e. The Bertz CT molecular complexity index is 939. The van der Waals surface area contributed by atoms with E-state index in [1.807, 2.05) is 0 Å². The molecule has 1 saturated heterocycles. The smallest absolute Gasteiger partial charge is 0.302 e. The molecule has 2 aliphatic heterocycles. The predicted octanol–water partition coefficient (Wildman–Crippen LogP) is 7.56. The highest BCUT2D eigenvalue weighted by molar-refractivity contribution is 6.74. The molecule has 3 rings (SSSR count). The van der Waals surface area contributed by atoms with Crippen molar-refractivity contribution in [2.24, 2.45) is 5.41 Å². The fourth-order valence-electron chi connectivity index (χ4n) is 5.52. The number of unbranched alkanes of at least 4 members (excludes halogenated alkanes) is 2. The summed E-state index contributed by atoms with van der Waals surface area (Å²) in [5.74, 6) is -0.232. The van der Waals surface area contributed by atoms with Gasteiger partial charge in [-0.2, -0.15) is 0 Å². The zero-order chi connectivity index (χ0) is 26.8. The maximum Gasteiger partial charge on any atom is 0.302 e. The van der Waals surface area contributed by atoms with Gasteiger partial charge in [0.25, 0.3) is 0 Å². The van der Waals surface area contributed by atoms with Crippen LogP contribution in [0.25, 0.3) is 0 Å². The number of hydrogen-bond donors (Lipinski definition) is 0. The summed E-state index contributed by atoms with van der Waals surface area (Å²) in [4.78, 5) is 14.5. The molecular formula is C30H49NO4Si. The van der Waals surface area contributed by atoms with Crippen LogP contribution in [0.15, 0.2) is 36.4 Å². The molecule has 4 atom stereocenters. The van der Waals surface area contributed by atoms with Gasteiger partial charge in [-0.15, -0.1) is 0 Å². The SMILES string of the molecule is CCCC/C=C/[C@](C)(CN1c2ccccc2[C@]2(O[Si](C)(C)C(C)(C)C)CCO[C@H]12)C(CC)OC(C)=O. The van der Waals surface area contributed by atoms with Crippen LogP contribution >= 0.6 is 0 Å². The van der Waals surface area contributed by atoms with Gasteiger partial charge >= 0.3 is 5.97 Å². The average molecular weight is 516 g/mol. The highest BCUT2D eigenvalue weighted by atomic mass is 28.4. The van der Waals surface area contributed by atoms with E-state index >= 15 is 0 Å². The molecule has 0 aromatic heterocycles. The zero-order valence-electron chi connectivity index (χ0n) is 24.1. The maximum absolute atomic E-state index is 12.1. The van der Waals surface area contributed by atoms with E-state index in [1.54, 1.807) is 0 Å². The van der Waals surface area contributed by atoms with Crippen LogP contribution in [-0.2, 0) is 24.3 Å². The summed E-state index contributed by atoms with van der Waals surface area (Å²) in [6.07, 6.45) is 9.07. The molecule has 1 aromatic carbocycles. The van der Waals surface area contributed by atoms with Crippen molar-refractivity contribution in [1.82, 2.24) is 0 Å². The number of carbonyl (C=O) groups excluding carboxylic acids is 1. The first-order valence-corrected chi connectivity index (χ1v) is 16.7. The molecule has 0 bridgehead atoms. The van der Waals surface area contributed by atoms with Crippen molar-refractivity contribution < 1.29 is 18.7 Å². The lowest BCUT2D eigenvalue weighted by Gasteiger charge is -2.45. The van der Waals surface area contributed by atoms with Crippen molar-refractivity contribution in [1.29, 1.82) is 0 Å². The van der Waals surface area contributed by atoms with Gasteiger partial charge in [-0.3, -0.25) is 4.79 Å². The molecule has 0 saturated carbocycles. The van der Waals surface area contributed by atoms with E-state index in [0.29, 0.717) is 13.2 Å². The van der Waals surface area contributed by atoms with Gasteiger partial charge in [-0.05, 0) is 37.0 Å². The lowest BCUT2D eigenvalue weighted by atomic mass is 9.81. The Balaban J connectivity index is 2.05. The summed E-state index contributed by atoms with van der Waals surface area (Å²) in [6, 6.07) is 8.64. The summed E-state index contributed by atoms with van der Waals surface area (Å²) in [5.41, 5.74) is 1.55. The fourth-order valence-corrected chi connectivity index (χ4v) is 7.05.